The van der Waals surface area contributed by atoms with E-state index in [1.807, 2.05) is 44.2 Å². The van der Waals surface area contributed by atoms with Gasteiger partial charge in [-0.3, -0.25) is 4.79 Å². The summed E-state index contributed by atoms with van der Waals surface area (Å²) < 4.78 is 10.6. The van der Waals surface area contributed by atoms with Crippen molar-refractivity contribution in [1.29, 1.82) is 0 Å². The lowest BCUT2D eigenvalue weighted by atomic mass is 10.2. The highest BCUT2D eigenvalue weighted by Crippen LogP contribution is 2.25. The second-order valence-electron chi connectivity index (χ2n) is 4.47. The van der Waals surface area contributed by atoms with Gasteiger partial charge in [-0.2, -0.15) is 0 Å². The van der Waals surface area contributed by atoms with Crippen LogP contribution in [0.4, 0.5) is 5.69 Å². The van der Waals surface area contributed by atoms with E-state index in [-0.39, 0.29) is 5.91 Å². The molecular formula is C16H17NO3. The highest BCUT2D eigenvalue weighted by molar-refractivity contribution is 6.02. The van der Waals surface area contributed by atoms with Crippen LogP contribution >= 0.6 is 0 Å². The number of hydrogen-bond donors (Lipinski definition) is 1. The Bertz CT molecular complexity index is 641. The number of aryl methyl sites for hydroxylation is 2. The van der Waals surface area contributed by atoms with Gasteiger partial charge in [-0.1, -0.05) is 6.07 Å². The van der Waals surface area contributed by atoms with E-state index in [1.165, 1.54) is 6.08 Å². The molecule has 0 saturated heterocycles. The predicted molar refractivity (Wildman–Crippen MR) is 78.8 cm³/mol. The van der Waals surface area contributed by atoms with Gasteiger partial charge in [0.05, 0.1) is 12.8 Å². The number of methoxy groups -OCH3 is 1. The van der Waals surface area contributed by atoms with Crippen LogP contribution in [-0.2, 0) is 4.79 Å². The van der Waals surface area contributed by atoms with Crippen LogP contribution < -0.4 is 10.1 Å². The average molecular weight is 271 g/mol. The summed E-state index contributed by atoms with van der Waals surface area (Å²) >= 11 is 0. The predicted octanol–water partition coefficient (Wildman–Crippen LogP) is 3.56. The molecule has 1 aromatic heterocycles. The van der Waals surface area contributed by atoms with Crippen LogP contribution in [-0.4, -0.2) is 13.0 Å². The van der Waals surface area contributed by atoms with Crippen molar-refractivity contribution in [2.24, 2.45) is 0 Å². The summed E-state index contributed by atoms with van der Waals surface area (Å²) in [6.45, 7) is 3.81. The topological polar surface area (TPSA) is 51.5 Å². The van der Waals surface area contributed by atoms with Crippen LogP contribution in [0, 0.1) is 13.8 Å². The average Bonchev–Trinajstić information content (AvgIpc) is 2.83. The number of benzene rings is 1. The van der Waals surface area contributed by atoms with Crippen LogP contribution in [0.2, 0.25) is 0 Å². The van der Waals surface area contributed by atoms with Crippen molar-refractivity contribution in [3.8, 4) is 5.75 Å². The lowest BCUT2D eigenvalue weighted by Gasteiger charge is -2.09. The molecule has 2 aromatic rings. The van der Waals surface area contributed by atoms with Gasteiger partial charge in [0.15, 0.2) is 0 Å². The van der Waals surface area contributed by atoms with Gasteiger partial charge < -0.3 is 14.5 Å². The summed E-state index contributed by atoms with van der Waals surface area (Å²) in [5.41, 5.74) is 1.70. The Hall–Kier alpha value is -2.49. The second kappa shape index (κ2) is 6.10. The summed E-state index contributed by atoms with van der Waals surface area (Å²) in [6, 6.07) is 9.27. The summed E-state index contributed by atoms with van der Waals surface area (Å²) in [6.07, 6.45) is 3.06. The fraction of sp³-hybridized carbons (Fsp3) is 0.188. The van der Waals surface area contributed by atoms with Crippen molar-refractivity contribution in [3.63, 3.8) is 0 Å². The summed E-state index contributed by atoms with van der Waals surface area (Å²) in [5, 5.41) is 2.79. The third-order valence-corrected chi connectivity index (χ3v) is 2.77. The molecule has 1 heterocycles. The molecule has 0 aliphatic rings. The Balaban J connectivity index is 2.08. The molecule has 1 aromatic carbocycles. The Labute approximate surface area is 118 Å². The SMILES string of the molecule is COc1ccc(C)cc1NC(=O)C=Cc1ccc(C)o1. The maximum Gasteiger partial charge on any atom is 0.248 e. The Morgan fingerprint density at radius 2 is 2.05 bits per heavy atom. The van der Waals surface area contributed by atoms with E-state index >= 15 is 0 Å². The first-order valence-electron chi connectivity index (χ1n) is 6.28. The maximum atomic E-state index is 11.9. The van der Waals surface area contributed by atoms with Crippen molar-refractivity contribution in [3.05, 3.63) is 53.5 Å². The fourth-order valence-corrected chi connectivity index (χ4v) is 1.79. The van der Waals surface area contributed by atoms with E-state index in [0.717, 1.165) is 11.3 Å². The molecule has 0 spiro atoms. The van der Waals surface area contributed by atoms with Crippen LogP contribution in [0.1, 0.15) is 17.1 Å². The molecule has 104 valence electrons. The van der Waals surface area contributed by atoms with Crippen LogP contribution in [0.5, 0.6) is 5.75 Å². The molecule has 20 heavy (non-hydrogen) atoms. The first-order valence-corrected chi connectivity index (χ1v) is 6.28. The third kappa shape index (κ3) is 3.51. The van der Waals surface area contributed by atoms with E-state index in [2.05, 4.69) is 5.32 Å². The van der Waals surface area contributed by atoms with Gasteiger partial charge >= 0.3 is 0 Å². The number of nitrogens with one attached hydrogen (secondary N) is 1. The van der Waals surface area contributed by atoms with Gasteiger partial charge in [-0.05, 0) is 49.8 Å². The minimum atomic E-state index is -0.233. The lowest BCUT2D eigenvalue weighted by molar-refractivity contribution is -0.111. The van der Waals surface area contributed by atoms with Gasteiger partial charge in [0.2, 0.25) is 5.91 Å². The van der Waals surface area contributed by atoms with E-state index in [1.54, 1.807) is 13.2 Å². The van der Waals surface area contributed by atoms with Crippen LogP contribution in [0.3, 0.4) is 0 Å². The second-order valence-corrected chi connectivity index (χ2v) is 4.47. The molecular weight excluding hydrogens is 254 g/mol. The van der Waals surface area contributed by atoms with Crippen molar-refractivity contribution in [2.45, 2.75) is 13.8 Å². The number of rotatable bonds is 4. The maximum absolute atomic E-state index is 11.9. The molecule has 2 rings (SSSR count). The Morgan fingerprint density at radius 1 is 1.25 bits per heavy atom. The zero-order valence-corrected chi connectivity index (χ0v) is 11.8. The van der Waals surface area contributed by atoms with Crippen molar-refractivity contribution >= 4 is 17.7 Å². The number of amides is 1. The van der Waals surface area contributed by atoms with Gasteiger partial charge in [0.25, 0.3) is 0 Å². The van der Waals surface area contributed by atoms with E-state index < -0.39 is 0 Å². The molecule has 0 unspecified atom stereocenters. The molecule has 0 radical (unpaired) electrons. The number of ether oxygens (including phenoxy) is 1. The lowest BCUT2D eigenvalue weighted by Crippen LogP contribution is -2.09. The zero-order chi connectivity index (χ0) is 14.5. The van der Waals surface area contributed by atoms with Crippen molar-refractivity contribution < 1.29 is 13.9 Å². The molecule has 0 aliphatic carbocycles. The van der Waals surface area contributed by atoms with Crippen molar-refractivity contribution in [2.75, 3.05) is 12.4 Å². The number of carbonyl (C=O) groups is 1. The number of anilines is 1. The molecule has 1 amide bonds. The highest BCUT2D eigenvalue weighted by atomic mass is 16.5. The molecule has 0 aliphatic heterocycles. The summed E-state index contributed by atoms with van der Waals surface area (Å²) in [5.74, 6) is 1.86. The zero-order valence-electron chi connectivity index (χ0n) is 11.8. The number of carbonyl (C=O) groups excluding carboxylic acids is 1. The van der Waals surface area contributed by atoms with Gasteiger partial charge in [0, 0.05) is 6.08 Å². The van der Waals surface area contributed by atoms with Crippen molar-refractivity contribution in [1.82, 2.24) is 0 Å². The molecule has 0 bridgehead atoms. The molecule has 4 heteroatoms. The fourth-order valence-electron chi connectivity index (χ4n) is 1.79. The Morgan fingerprint density at radius 3 is 2.70 bits per heavy atom. The number of hydrogen-bond acceptors (Lipinski definition) is 3. The minimum absolute atomic E-state index is 0.233. The van der Waals surface area contributed by atoms with Gasteiger partial charge in [-0.25, -0.2) is 0 Å². The summed E-state index contributed by atoms with van der Waals surface area (Å²) in [7, 11) is 1.57. The molecule has 0 fully saturated rings. The normalized spacial score (nSPS) is 10.8. The Kier molecular flexibility index (Phi) is 4.25. The molecule has 4 nitrogen and oxygen atoms in total. The number of furan rings is 1. The minimum Gasteiger partial charge on any atom is -0.495 e. The van der Waals surface area contributed by atoms with Crippen LogP contribution in [0.25, 0.3) is 6.08 Å². The first-order chi connectivity index (χ1) is 9.58. The smallest absolute Gasteiger partial charge is 0.248 e. The largest absolute Gasteiger partial charge is 0.495 e. The van der Waals surface area contributed by atoms with Gasteiger partial charge in [0.1, 0.15) is 17.3 Å². The first kappa shape index (κ1) is 13.9. The van der Waals surface area contributed by atoms with E-state index in [0.29, 0.717) is 17.2 Å². The molecule has 0 atom stereocenters. The highest BCUT2D eigenvalue weighted by Gasteiger charge is 2.05. The summed E-state index contributed by atoms with van der Waals surface area (Å²) in [4.78, 5) is 11.9. The quantitative estimate of drug-likeness (QED) is 0.865. The van der Waals surface area contributed by atoms with E-state index in [9.17, 15) is 4.79 Å². The standard InChI is InChI=1S/C16H17NO3/c1-11-4-8-15(19-3)14(10-11)17-16(18)9-7-13-6-5-12(2)20-13/h4-10H,1-3H3,(H,17,18). The van der Waals surface area contributed by atoms with Gasteiger partial charge in [-0.15, -0.1) is 0 Å². The third-order valence-electron chi connectivity index (χ3n) is 2.77. The van der Waals surface area contributed by atoms with Crippen LogP contribution in [0.15, 0.2) is 40.8 Å². The molecule has 1 N–H and O–H groups in total. The monoisotopic (exact) mass is 271 g/mol. The molecule has 0 saturated carbocycles. The van der Waals surface area contributed by atoms with E-state index in [4.69, 9.17) is 9.15 Å².